The Balaban J connectivity index is 2.18. The number of nitrogens with one attached hydrogen (secondary N) is 1. The van der Waals surface area contributed by atoms with Crippen molar-refractivity contribution in [3.63, 3.8) is 0 Å². The summed E-state index contributed by atoms with van der Waals surface area (Å²) in [5, 5.41) is 7.78. The third-order valence-corrected chi connectivity index (χ3v) is 4.33. The normalized spacial score (nSPS) is 19.7. The molecule has 1 atom stereocenters. The van der Waals surface area contributed by atoms with Crippen LogP contribution in [0.4, 0.5) is 5.69 Å². The first-order valence-electron chi connectivity index (χ1n) is 7.81. The zero-order chi connectivity index (χ0) is 14.5. The molecule has 110 valence electrons. The van der Waals surface area contributed by atoms with Crippen LogP contribution in [-0.4, -0.2) is 18.9 Å². The molecule has 1 unspecified atom stereocenters. The standard InChI is InChI=1S/C17H27N3/c1-3-5-14-6-4-10-20(11-9-14)16-12-13(2)7-8-15(16)17(18)19/h7-8,12,14H,3-6,9-11H2,1-2H3,(H3,18,19). The molecule has 1 saturated heterocycles. The Morgan fingerprint density at radius 3 is 2.85 bits per heavy atom. The summed E-state index contributed by atoms with van der Waals surface area (Å²) in [6, 6.07) is 6.20. The maximum atomic E-state index is 7.78. The molecule has 3 N–H and O–H groups in total. The molecule has 3 heteroatoms. The van der Waals surface area contributed by atoms with Gasteiger partial charge >= 0.3 is 0 Å². The number of nitrogens with two attached hydrogens (primary N) is 1. The van der Waals surface area contributed by atoms with Crippen LogP contribution >= 0.6 is 0 Å². The van der Waals surface area contributed by atoms with Gasteiger partial charge < -0.3 is 10.6 Å². The first-order valence-corrected chi connectivity index (χ1v) is 7.81. The SMILES string of the molecule is CCCC1CCCN(c2cc(C)ccc2C(=N)N)CC1. The third kappa shape index (κ3) is 3.53. The molecule has 0 aromatic heterocycles. The second kappa shape index (κ2) is 6.78. The van der Waals surface area contributed by atoms with Gasteiger partial charge in [-0.05, 0) is 49.8 Å². The fraction of sp³-hybridized carbons (Fsp3) is 0.588. The van der Waals surface area contributed by atoms with Gasteiger partial charge in [-0.1, -0.05) is 25.8 Å². The second-order valence-electron chi connectivity index (χ2n) is 6.01. The van der Waals surface area contributed by atoms with E-state index >= 15 is 0 Å². The second-order valence-corrected chi connectivity index (χ2v) is 6.01. The van der Waals surface area contributed by atoms with Gasteiger partial charge in [0.1, 0.15) is 5.84 Å². The fourth-order valence-electron chi connectivity index (χ4n) is 3.23. The molecule has 0 radical (unpaired) electrons. The van der Waals surface area contributed by atoms with E-state index in [9.17, 15) is 0 Å². The molecule has 1 aromatic carbocycles. The van der Waals surface area contributed by atoms with Gasteiger partial charge in [0.05, 0.1) is 0 Å². The van der Waals surface area contributed by atoms with Gasteiger partial charge in [-0.3, -0.25) is 5.41 Å². The lowest BCUT2D eigenvalue weighted by Gasteiger charge is -2.26. The molecule has 0 saturated carbocycles. The molecule has 1 fully saturated rings. The van der Waals surface area contributed by atoms with Crippen LogP contribution in [0.15, 0.2) is 18.2 Å². The van der Waals surface area contributed by atoms with Crippen LogP contribution in [0.5, 0.6) is 0 Å². The van der Waals surface area contributed by atoms with Crippen LogP contribution < -0.4 is 10.6 Å². The van der Waals surface area contributed by atoms with Gasteiger partial charge in [0.2, 0.25) is 0 Å². The highest BCUT2D eigenvalue weighted by molar-refractivity contribution is 6.00. The largest absolute Gasteiger partial charge is 0.384 e. The Labute approximate surface area is 122 Å². The topological polar surface area (TPSA) is 53.1 Å². The predicted octanol–water partition coefficient (Wildman–Crippen LogP) is 3.69. The molecule has 1 aliphatic rings. The van der Waals surface area contributed by atoms with Gasteiger partial charge in [0, 0.05) is 24.3 Å². The molecule has 0 amide bonds. The maximum absolute atomic E-state index is 7.78. The van der Waals surface area contributed by atoms with E-state index in [0.717, 1.165) is 30.3 Å². The van der Waals surface area contributed by atoms with Crippen LogP contribution in [0.2, 0.25) is 0 Å². The number of nitrogens with zero attached hydrogens (tertiary/aromatic N) is 1. The van der Waals surface area contributed by atoms with E-state index in [1.165, 1.54) is 37.7 Å². The summed E-state index contributed by atoms with van der Waals surface area (Å²) >= 11 is 0. The van der Waals surface area contributed by atoms with E-state index in [1.54, 1.807) is 0 Å². The number of hydrogen-bond acceptors (Lipinski definition) is 2. The molecule has 1 aromatic rings. The van der Waals surface area contributed by atoms with Crippen molar-refractivity contribution in [3.8, 4) is 0 Å². The summed E-state index contributed by atoms with van der Waals surface area (Å²) in [6.45, 7) is 6.56. The van der Waals surface area contributed by atoms with Crippen molar-refractivity contribution in [3.05, 3.63) is 29.3 Å². The minimum Gasteiger partial charge on any atom is -0.384 e. The molecular weight excluding hydrogens is 246 g/mol. The Hall–Kier alpha value is -1.51. The highest BCUT2D eigenvalue weighted by Gasteiger charge is 2.19. The van der Waals surface area contributed by atoms with Gasteiger partial charge in [-0.15, -0.1) is 0 Å². The number of hydrogen-bond donors (Lipinski definition) is 2. The van der Waals surface area contributed by atoms with Crippen molar-refractivity contribution in [2.45, 2.75) is 46.0 Å². The average molecular weight is 273 g/mol. The summed E-state index contributed by atoms with van der Waals surface area (Å²) < 4.78 is 0. The lowest BCUT2D eigenvalue weighted by Crippen LogP contribution is -2.27. The third-order valence-electron chi connectivity index (χ3n) is 4.33. The van der Waals surface area contributed by atoms with E-state index in [4.69, 9.17) is 11.1 Å². The van der Waals surface area contributed by atoms with E-state index in [1.807, 2.05) is 12.1 Å². The highest BCUT2D eigenvalue weighted by atomic mass is 15.1. The number of anilines is 1. The zero-order valence-electron chi connectivity index (χ0n) is 12.8. The Morgan fingerprint density at radius 2 is 2.15 bits per heavy atom. The summed E-state index contributed by atoms with van der Waals surface area (Å²) in [4.78, 5) is 2.43. The summed E-state index contributed by atoms with van der Waals surface area (Å²) in [5.41, 5.74) is 9.00. The van der Waals surface area contributed by atoms with Gasteiger partial charge in [0.15, 0.2) is 0 Å². The minimum atomic E-state index is 0.175. The Kier molecular flexibility index (Phi) is 5.05. The summed E-state index contributed by atoms with van der Waals surface area (Å²) in [5.74, 6) is 1.05. The number of aryl methyl sites for hydroxylation is 1. The van der Waals surface area contributed by atoms with Gasteiger partial charge in [0.25, 0.3) is 0 Å². The molecule has 0 spiro atoms. The van der Waals surface area contributed by atoms with E-state index < -0.39 is 0 Å². The van der Waals surface area contributed by atoms with E-state index in [-0.39, 0.29) is 5.84 Å². The van der Waals surface area contributed by atoms with Crippen LogP contribution in [-0.2, 0) is 0 Å². The Morgan fingerprint density at radius 1 is 1.35 bits per heavy atom. The van der Waals surface area contributed by atoms with Crippen LogP contribution in [0.1, 0.15) is 50.2 Å². The molecule has 2 rings (SSSR count). The number of benzene rings is 1. The number of amidine groups is 1. The molecular formula is C17H27N3. The first kappa shape index (κ1) is 14.9. The number of rotatable bonds is 4. The predicted molar refractivity (Wildman–Crippen MR) is 86.7 cm³/mol. The van der Waals surface area contributed by atoms with Crippen LogP contribution in [0, 0.1) is 18.3 Å². The van der Waals surface area contributed by atoms with Gasteiger partial charge in [-0.25, -0.2) is 0 Å². The Bertz CT molecular complexity index is 467. The van der Waals surface area contributed by atoms with Crippen molar-refractivity contribution in [2.75, 3.05) is 18.0 Å². The monoisotopic (exact) mass is 273 g/mol. The van der Waals surface area contributed by atoms with Crippen molar-refractivity contribution >= 4 is 11.5 Å². The number of nitrogen functional groups attached to an aromatic ring is 1. The van der Waals surface area contributed by atoms with Crippen molar-refractivity contribution in [1.29, 1.82) is 5.41 Å². The van der Waals surface area contributed by atoms with Crippen LogP contribution in [0.25, 0.3) is 0 Å². The summed E-state index contributed by atoms with van der Waals surface area (Å²) in [6.07, 6.45) is 6.48. The summed E-state index contributed by atoms with van der Waals surface area (Å²) in [7, 11) is 0. The molecule has 20 heavy (non-hydrogen) atoms. The van der Waals surface area contributed by atoms with Gasteiger partial charge in [-0.2, -0.15) is 0 Å². The minimum absolute atomic E-state index is 0.175. The lowest BCUT2D eigenvalue weighted by atomic mass is 9.96. The molecule has 0 aliphatic carbocycles. The smallest absolute Gasteiger partial charge is 0.124 e. The zero-order valence-corrected chi connectivity index (χ0v) is 12.8. The molecule has 0 bridgehead atoms. The first-order chi connectivity index (χ1) is 9.61. The molecule has 3 nitrogen and oxygen atoms in total. The highest BCUT2D eigenvalue weighted by Crippen LogP contribution is 2.28. The van der Waals surface area contributed by atoms with Crippen LogP contribution in [0.3, 0.4) is 0 Å². The molecule has 1 aliphatic heterocycles. The van der Waals surface area contributed by atoms with Crippen molar-refractivity contribution < 1.29 is 0 Å². The van der Waals surface area contributed by atoms with Crippen molar-refractivity contribution in [1.82, 2.24) is 0 Å². The fourth-order valence-corrected chi connectivity index (χ4v) is 3.23. The van der Waals surface area contributed by atoms with E-state index in [0.29, 0.717) is 0 Å². The quantitative estimate of drug-likeness (QED) is 0.649. The molecule has 1 heterocycles. The maximum Gasteiger partial charge on any atom is 0.124 e. The van der Waals surface area contributed by atoms with E-state index in [2.05, 4.69) is 24.8 Å². The average Bonchev–Trinajstić information content (AvgIpc) is 2.64. The van der Waals surface area contributed by atoms with Crippen molar-refractivity contribution in [2.24, 2.45) is 11.7 Å². The lowest BCUT2D eigenvalue weighted by molar-refractivity contribution is 0.435.